The summed E-state index contributed by atoms with van der Waals surface area (Å²) in [5.74, 6) is 1.67. The lowest BCUT2D eigenvalue weighted by Crippen LogP contribution is -2.03. The minimum atomic E-state index is 0.442. The molecule has 0 saturated carbocycles. The lowest BCUT2D eigenvalue weighted by Gasteiger charge is -2.13. The molecule has 1 aromatic carbocycles. The average molecular weight is 336 g/mol. The molecule has 2 aromatic rings. The molecule has 0 amide bonds. The van der Waals surface area contributed by atoms with E-state index in [1.807, 2.05) is 38.1 Å². The van der Waals surface area contributed by atoms with Crippen molar-refractivity contribution in [1.82, 2.24) is 4.98 Å². The lowest BCUT2D eigenvalue weighted by atomic mass is 10.1. The molecule has 0 spiro atoms. The van der Waals surface area contributed by atoms with E-state index >= 15 is 0 Å². The van der Waals surface area contributed by atoms with Crippen LogP contribution in [0.4, 0.5) is 11.5 Å². The van der Waals surface area contributed by atoms with Crippen LogP contribution in [0, 0.1) is 6.92 Å². The zero-order valence-electron chi connectivity index (χ0n) is 11.6. The van der Waals surface area contributed by atoms with Crippen molar-refractivity contribution in [2.75, 3.05) is 11.9 Å². The minimum absolute atomic E-state index is 0.442. The zero-order valence-corrected chi connectivity index (χ0v) is 13.2. The Balaban J connectivity index is 2.25. The lowest BCUT2D eigenvalue weighted by molar-refractivity contribution is 0.336. The van der Waals surface area contributed by atoms with Gasteiger partial charge in [0, 0.05) is 28.5 Å². The van der Waals surface area contributed by atoms with Gasteiger partial charge in [-0.15, -0.1) is 0 Å². The first-order valence-electron chi connectivity index (χ1n) is 6.49. The molecular weight excluding hydrogens is 318 g/mol. The Morgan fingerprint density at radius 3 is 2.80 bits per heavy atom. The van der Waals surface area contributed by atoms with Crippen molar-refractivity contribution < 1.29 is 4.74 Å². The normalized spacial score (nSPS) is 10.4. The van der Waals surface area contributed by atoms with Crippen molar-refractivity contribution in [2.45, 2.75) is 20.4 Å². The Kier molecular flexibility index (Phi) is 4.98. The van der Waals surface area contributed by atoms with Crippen molar-refractivity contribution in [2.24, 2.45) is 5.73 Å². The fraction of sp³-hybridized carbons (Fsp3) is 0.267. The van der Waals surface area contributed by atoms with E-state index in [-0.39, 0.29) is 0 Å². The number of nitrogens with two attached hydrogens (primary N) is 1. The number of aromatic nitrogens is 1. The van der Waals surface area contributed by atoms with E-state index in [1.165, 1.54) is 0 Å². The van der Waals surface area contributed by atoms with E-state index in [2.05, 4.69) is 26.2 Å². The monoisotopic (exact) mass is 335 g/mol. The van der Waals surface area contributed by atoms with Gasteiger partial charge in [0.1, 0.15) is 11.6 Å². The van der Waals surface area contributed by atoms with E-state index in [4.69, 9.17) is 10.5 Å². The Hall–Kier alpha value is -1.59. The molecule has 0 aliphatic carbocycles. The molecule has 5 heteroatoms. The molecule has 20 heavy (non-hydrogen) atoms. The molecule has 1 heterocycles. The highest BCUT2D eigenvalue weighted by Gasteiger charge is 2.06. The molecule has 3 N–H and O–H groups in total. The maximum atomic E-state index is 5.76. The van der Waals surface area contributed by atoms with Crippen molar-refractivity contribution in [3.05, 3.63) is 46.1 Å². The van der Waals surface area contributed by atoms with Gasteiger partial charge in [0.2, 0.25) is 0 Å². The second-order valence-electron chi connectivity index (χ2n) is 4.40. The van der Waals surface area contributed by atoms with Crippen LogP contribution in [0.25, 0.3) is 0 Å². The molecular formula is C15H18BrN3O. The number of rotatable bonds is 5. The van der Waals surface area contributed by atoms with Gasteiger partial charge in [-0.1, -0.05) is 0 Å². The molecule has 0 fully saturated rings. The van der Waals surface area contributed by atoms with Crippen LogP contribution in [0.3, 0.4) is 0 Å². The number of nitrogens with zero attached hydrogens (tertiary/aromatic N) is 1. The molecule has 0 aliphatic heterocycles. The van der Waals surface area contributed by atoms with Crippen LogP contribution in [0.1, 0.15) is 18.1 Å². The molecule has 0 unspecified atom stereocenters. The summed E-state index contributed by atoms with van der Waals surface area (Å²) in [6.45, 7) is 5.05. The standard InChI is InChI=1S/C15H18BrN3O/c1-3-20-14-5-4-13(7-11(14)8-17)19-15-10(2)6-12(16)9-18-15/h4-7,9H,3,8,17H2,1-2H3,(H,18,19). The van der Waals surface area contributed by atoms with E-state index < -0.39 is 0 Å². The number of aryl methyl sites for hydroxylation is 1. The van der Waals surface area contributed by atoms with E-state index in [0.717, 1.165) is 32.9 Å². The number of hydrogen-bond acceptors (Lipinski definition) is 4. The van der Waals surface area contributed by atoms with Gasteiger partial charge in [0.15, 0.2) is 0 Å². The van der Waals surface area contributed by atoms with Gasteiger partial charge in [0.05, 0.1) is 6.61 Å². The summed E-state index contributed by atoms with van der Waals surface area (Å²) in [6.07, 6.45) is 1.77. The number of nitrogens with one attached hydrogen (secondary N) is 1. The fourth-order valence-corrected chi connectivity index (χ4v) is 2.37. The summed E-state index contributed by atoms with van der Waals surface area (Å²) in [5, 5.41) is 3.30. The zero-order chi connectivity index (χ0) is 14.5. The molecule has 0 aliphatic rings. The summed E-state index contributed by atoms with van der Waals surface area (Å²) in [4.78, 5) is 4.37. The number of halogens is 1. The van der Waals surface area contributed by atoms with Crippen molar-refractivity contribution in [1.29, 1.82) is 0 Å². The highest BCUT2D eigenvalue weighted by atomic mass is 79.9. The average Bonchev–Trinajstić information content (AvgIpc) is 2.43. The predicted octanol–water partition coefficient (Wildman–Crippen LogP) is 3.75. The minimum Gasteiger partial charge on any atom is -0.494 e. The largest absolute Gasteiger partial charge is 0.494 e. The Morgan fingerprint density at radius 1 is 1.35 bits per heavy atom. The Bertz CT molecular complexity index is 602. The predicted molar refractivity (Wildman–Crippen MR) is 85.5 cm³/mol. The summed E-state index contributed by atoms with van der Waals surface area (Å²) in [6, 6.07) is 7.91. The number of benzene rings is 1. The molecule has 0 bridgehead atoms. The Labute approximate surface area is 127 Å². The van der Waals surface area contributed by atoms with Gasteiger partial charge >= 0.3 is 0 Å². The van der Waals surface area contributed by atoms with Gasteiger partial charge in [-0.3, -0.25) is 0 Å². The summed E-state index contributed by atoms with van der Waals surface area (Å²) >= 11 is 3.41. The van der Waals surface area contributed by atoms with Crippen molar-refractivity contribution in [3.8, 4) is 5.75 Å². The van der Waals surface area contributed by atoms with Gasteiger partial charge in [-0.2, -0.15) is 0 Å². The second-order valence-corrected chi connectivity index (χ2v) is 5.32. The molecule has 4 nitrogen and oxygen atoms in total. The smallest absolute Gasteiger partial charge is 0.133 e. The van der Waals surface area contributed by atoms with Gasteiger partial charge in [-0.05, 0) is 59.6 Å². The van der Waals surface area contributed by atoms with Crippen LogP contribution in [0.2, 0.25) is 0 Å². The van der Waals surface area contributed by atoms with Crippen molar-refractivity contribution >= 4 is 27.4 Å². The third kappa shape index (κ3) is 3.49. The van der Waals surface area contributed by atoms with Crippen LogP contribution in [0.5, 0.6) is 5.75 Å². The van der Waals surface area contributed by atoms with Crippen LogP contribution < -0.4 is 15.8 Å². The van der Waals surface area contributed by atoms with E-state index in [0.29, 0.717) is 13.2 Å². The molecule has 0 atom stereocenters. The quantitative estimate of drug-likeness (QED) is 0.873. The van der Waals surface area contributed by atoms with Crippen molar-refractivity contribution in [3.63, 3.8) is 0 Å². The fourth-order valence-electron chi connectivity index (χ4n) is 1.92. The summed E-state index contributed by atoms with van der Waals surface area (Å²) < 4.78 is 6.51. The molecule has 0 saturated heterocycles. The molecule has 2 rings (SSSR count). The number of ether oxygens (including phenoxy) is 1. The van der Waals surface area contributed by atoms with Gasteiger partial charge in [0.25, 0.3) is 0 Å². The molecule has 1 aromatic heterocycles. The number of pyridine rings is 1. The van der Waals surface area contributed by atoms with Gasteiger partial charge in [-0.25, -0.2) is 4.98 Å². The first-order valence-corrected chi connectivity index (χ1v) is 7.28. The van der Waals surface area contributed by atoms with E-state index in [1.54, 1.807) is 6.20 Å². The number of anilines is 2. The van der Waals surface area contributed by atoms with Crippen LogP contribution in [-0.2, 0) is 6.54 Å². The molecule has 106 valence electrons. The maximum Gasteiger partial charge on any atom is 0.133 e. The summed E-state index contributed by atoms with van der Waals surface area (Å²) in [5.41, 5.74) is 8.76. The second kappa shape index (κ2) is 6.72. The van der Waals surface area contributed by atoms with Crippen LogP contribution >= 0.6 is 15.9 Å². The highest BCUT2D eigenvalue weighted by molar-refractivity contribution is 9.10. The maximum absolute atomic E-state index is 5.76. The first kappa shape index (κ1) is 14.8. The Morgan fingerprint density at radius 2 is 2.15 bits per heavy atom. The topological polar surface area (TPSA) is 60.2 Å². The molecule has 0 radical (unpaired) electrons. The van der Waals surface area contributed by atoms with Gasteiger partial charge < -0.3 is 15.8 Å². The van der Waals surface area contributed by atoms with Crippen LogP contribution in [-0.4, -0.2) is 11.6 Å². The number of hydrogen-bond donors (Lipinski definition) is 2. The van der Waals surface area contributed by atoms with E-state index in [9.17, 15) is 0 Å². The SMILES string of the molecule is CCOc1ccc(Nc2ncc(Br)cc2C)cc1CN. The highest BCUT2D eigenvalue weighted by Crippen LogP contribution is 2.26. The summed E-state index contributed by atoms with van der Waals surface area (Å²) in [7, 11) is 0. The first-order chi connectivity index (χ1) is 9.63. The third-order valence-electron chi connectivity index (χ3n) is 2.89. The van der Waals surface area contributed by atoms with Crippen LogP contribution in [0.15, 0.2) is 34.9 Å². The third-order valence-corrected chi connectivity index (χ3v) is 3.32.